The number of nitrogens with one attached hydrogen (secondary N) is 2. The molecule has 1 aromatic carbocycles. The number of aryl methyl sites for hydroxylation is 1. The van der Waals surface area contributed by atoms with Crippen LogP contribution >= 0.6 is 0 Å². The van der Waals surface area contributed by atoms with Crippen molar-refractivity contribution in [2.75, 3.05) is 19.7 Å². The van der Waals surface area contributed by atoms with Gasteiger partial charge in [-0.2, -0.15) is 4.72 Å². The summed E-state index contributed by atoms with van der Waals surface area (Å²) in [5, 5.41) is 11.7. The number of aliphatic hydroxyl groups is 1. The third-order valence-electron chi connectivity index (χ3n) is 6.05. The molecule has 0 aromatic heterocycles. The van der Waals surface area contributed by atoms with Crippen LogP contribution in [-0.2, 0) is 30.8 Å². The lowest BCUT2D eigenvalue weighted by molar-refractivity contribution is -0.153. The van der Waals surface area contributed by atoms with E-state index >= 15 is 0 Å². The zero-order chi connectivity index (χ0) is 27.4. The molecule has 1 aliphatic rings. The second-order valence-electron chi connectivity index (χ2n) is 8.69. The first kappa shape index (κ1) is 30.1. The van der Waals surface area contributed by atoms with Crippen LogP contribution in [-0.4, -0.2) is 85.6 Å². The Labute approximate surface area is 217 Å². The number of benzene rings is 1. The van der Waals surface area contributed by atoms with E-state index in [1.807, 2.05) is 30.3 Å². The molecule has 12 nitrogen and oxygen atoms in total. The summed E-state index contributed by atoms with van der Waals surface area (Å²) in [7, 11) is -4.17. The Morgan fingerprint density at radius 2 is 1.95 bits per heavy atom. The number of nitrogens with two attached hydrogens (primary N) is 2. The van der Waals surface area contributed by atoms with E-state index in [0.29, 0.717) is 25.7 Å². The predicted octanol–water partition coefficient (Wildman–Crippen LogP) is -1.21. The summed E-state index contributed by atoms with van der Waals surface area (Å²) in [5.41, 5.74) is 11.5. The number of guanidine groups is 1. The van der Waals surface area contributed by atoms with E-state index < -0.39 is 51.8 Å². The molecule has 1 saturated heterocycles. The molecule has 7 N–H and O–H groups in total. The first-order chi connectivity index (χ1) is 17.6. The Kier molecular flexibility index (Phi) is 11.9. The van der Waals surface area contributed by atoms with Gasteiger partial charge in [0.05, 0.1) is 23.9 Å². The second kappa shape index (κ2) is 14.6. The van der Waals surface area contributed by atoms with Crippen molar-refractivity contribution in [3.8, 4) is 0 Å². The first-order valence-corrected chi connectivity index (χ1v) is 13.6. The van der Waals surface area contributed by atoms with Gasteiger partial charge in [-0.1, -0.05) is 36.4 Å². The minimum Gasteiger partial charge on any atom is -0.394 e. The molecule has 0 spiro atoms. The Morgan fingerprint density at radius 1 is 1.27 bits per heavy atom. The molecule has 0 bridgehead atoms. The highest BCUT2D eigenvalue weighted by molar-refractivity contribution is 7.90. The third-order valence-corrected chi connectivity index (χ3v) is 7.89. The van der Waals surface area contributed by atoms with Crippen molar-refractivity contribution >= 4 is 34.1 Å². The number of hydrogen-bond donors (Lipinski definition) is 5. The number of aliphatic hydroxyl groups excluding tert-OH is 1. The van der Waals surface area contributed by atoms with Gasteiger partial charge < -0.3 is 26.7 Å². The van der Waals surface area contributed by atoms with Gasteiger partial charge >= 0.3 is 0 Å². The molecule has 1 heterocycles. The van der Waals surface area contributed by atoms with Crippen LogP contribution in [0.5, 0.6) is 0 Å². The summed E-state index contributed by atoms with van der Waals surface area (Å²) >= 11 is 0. The van der Waals surface area contributed by atoms with E-state index in [2.05, 4.69) is 21.6 Å². The number of rotatable bonds is 16. The lowest BCUT2D eigenvalue weighted by Gasteiger charge is -2.36. The van der Waals surface area contributed by atoms with Crippen LogP contribution in [0.15, 0.2) is 48.0 Å². The Bertz CT molecular complexity index is 1060. The summed E-state index contributed by atoms with van der Waals surface area (Å²) in [4.78, 5) is 43.0. The fourth-order valence-corrected chi connectivity index (χ4v) is 5.27. The molecular weight excluding hydrogens is 500 g/mol. The molecule has 2 amide bonds. The number of nitrogens with zero attached hydrogens (tertiary/aromatic N) is 2. The van der Waals surface area contributed by atoms with Gasteiger partial charge in [0, 0.05) is 6.54 Å². The average Bonchev–Trinajstić information content (AvgIpc) is 2.83. The molecule has 4 atom stereocenters. The Hall–Kier alpha value is -3.13. The maximum absolute atomic E-state index is 13.4. The number of amides is 2. The molecule has 1 aromatic rings. The minimum atomic E-state index is -4.17. The van der Waals surface area contributed by atoms with E-state index in [4.69, 9.17) is 11.5 Å². The monoisotopic (exact) mass is 536 g/mol. The van der Waals surface area contributed by atoms with Crippen LogP contribution in [0.1, 0.15) is 31.2 Å². The number of carbonyl (C=O) groups excluding carboxylic acids is 3. The standard InChI is InChI=1S/C24H36N6O6S/c1-2-19(11-10-17-7-4-3-5-8-17)37(35,36)29-21(16-32)23(34)30(22(33)20-12-14-27-20)18(15-31)9-6-13-28-24(25)26/h2-5,7-8,15,18-21,27,29,32H,1,6,9-14,16H2,(H4,25,26,28)/t18-,19?,20?,21+/m0/s1. The molecule has 0 saturated carbocycles. The number of hydrogen-bond acceptors (Lipinski definition) is 8. The smallest absolute Gasteiger partial charge is 0.250 e. The highest BCUT2D eigenvalue weighted by Gasteiger charge is 2.40. The molecule has 204 valence electrons. The highest BCUT2D eigenvalue weighted by Crippen LogP contribution is 2.17. The Balaban J connectivity index is 2.20. The number of aliphatic imine (C=N–C) groups is 1. The lowest BCUT2D eigenvalue weighted by Crippen LogP contribution is -2.62. The molecule has 0 radical (unpaired) electrons. The number of sulfonamides is 1. The van der Waals surface area contributed by atoms with Gasteiger partial charge in [0.15, 0.2) is 5.96 Å². The predicted molar refractivity (Wildman–Crippen MR) is 140 cm³/mol. The normalized spacial score (nSPS) is 17.5. The molecule has 2 unspecified atom stereocenters. The van der Waals surface area contributed by atoms with Crippen molar-refractivity contribution in [1.82, 2.24) is 14.9 Å². The molecule has 1 aliphatic heterocycles. The maximum atomic E-state index is 13.4. The zero-order valence-electron chi connectivity index (χ0n) is 20.7. The summed E-state index contributed by atoms with van der Waals surface area (Å²) in [6.07, 6.45) is 3.12. The van der Waals surface area contributed by atoms with Crippen LogP contribution in [0.4, 0.5) is 0 Å². The van der Waals surface area contributed by atoms with Crippen LogP contribution in [0, 0.1) is 0 Å². The van der Waals surface area contributed by atoms with E-state index in [9.17, 15) is 27.9 Å². The highest BCUT2D eigenvalue weighted by atomic mass is 32.2. The van der Waals surface area contributed by atoms with E-state index in [0.717, 1.165) is 10.5 Å². The second-order valence-corrected chi connectivity index (χ2v) is 10.6. The molecule has 37 heavy (non-hydrogen) atoms. The number of carbonyl (C=O) groups is 3. The van der Waals surface area contributed by atoms with Crippen molar-refractivity contribution in [2.24, 2.45) is 16.5 Å². The van der Waals surface area contributed by atoms with Gasteiger partial charge in [-0.05, 0) is 44.2 Å². The van der Waals surface area contributed by atoms with Crippen molar-refractivity contribution in [2.45, 2.75) is 55.5 Å². The van der Waals surface area contributed by atoms with Crippen LogP contribution in [0.2, 0.25) is 0 Å². The average molecular weight is 537 g/mol. The molecular formula is C24H36N6O6S. The minimum absolute atomic E-state index is 0.0573. The van der Waals surface area contributed by atoms with Gasteiger partial charge in [-0.15, -0.1) is 6.58 Å². The van der Waals surface area contributed by atoms with Crippen molar-refractivity contribution in [3.63, 3.8) is 0 Å². The first-order valence-electron chi connectivity index (χ1n) is 12.0. The third kappa shape index (κ3) is 8.74. The van der Waals surface area contributed by atoms with E-state index in [1.165, 1.54) is 6.08 Å². The summed E-state index contributed by atoms with van der Waals surface area (Å²) in [5.74, 6) is -1.82. The van der Waals surface area contributed by atoms with Crippen LogP contribution < -0.4 is 21.5 Å². The largest absolute Gasteiger partial charge is 0.394 e. The molecule has 1 fully saturated rings. The quantitative estimate of drug-likeness (QED) is 0.0566. The SMILES string of the molecule is C=CC(CCc1ccccc1)S(=O)(=O)N[C@H](CO)C(=O)N(C(=O)C1CCN1)[C@H](C=O)CCCN=C(N)N. The van der Waals surface area contributed by atoms with Gasteiger partial charge in [0.25, 0.3) is 0 Å². The number of imide groups is 1. The van der Waals surface area contributed by atoms with Crippen molar-refractivity contribution < 1.29 is 27.9 Å². The molecule has 2 rings (SSSR count). The molecule has 13 heteroatoms. The summed E-state index contributed by atoms with van der Waals surface area (Å²) in [6.45, 7) is 3.42. The summed E-state index contributed by atoms with van der Waals surface area (Å²) < 4.78 is 28.4. The van der Waals surface area contributed by atoms with Crippen molar-refractivity contribution in [3.05, 3.63) is 48.6 Å². The topological polar surface area (TPSA) is 197 Å². The van der Waals surface area contributed by atoms with Gasteiger partial charge in [0.2, 0.25) is 21.8 Å². The van der Waals surface area contributed by atoms with Crippen LogP contribution in [0.3, 0.4) is 0 Å². The lowest BCUT2D eigenvalue weighted by atomic mass is 10.0. The maximum Gasteiger partial charge on any atom is 0.250 e. The van der Waals surface area contributed by atoms with E-state index in [-0.39, 0.29) is 31.8 Å². The van der Waals surface area contributed by atoms with E-state index in [1.54, 1.807) is 0 Å². The van der Waals surface area contributed by atoms with Crippen LogP contribution in [0.25, 0.3) is 0 Å². The fraction of sp³-hybridized carbons (Fsp3) is 0.500. The fourth-order valence-electron chi connectivity index (χ4n) is 3.84. The van der Waals surface area contributed by atoms with Gasteiger partial charge in [-0.25, -0.2) is 8.42 Å². The summed E-state index contributed by atoms with van der Waals surface area (Å²) in [6, 6.07) is 5.72. The van der Waals surface area contributed by atoms with Gasteiger partial charge in [0.1, 0.15) is 12.3 Å². The number of aldehydes is 1. The molecule has 0 aliphatic carbocycles. The van der Waals surface area contributed by atoms with Crippen molar-refractivity contribution in [1.29, 1.82) is 0 Å². The zero-order valence-corrected chi connectivity index (χ0v) is 21.5. The van der Waals surface area contributed by atoms with Gasteiger partial charge in [-0.3, -0.25) is 19.5 Å². The Morgan fingerprint density at radius 3 is 2.46 bits per heavy atom.